The van der Waals surface area contributed by atoms with Crippen LogP contribution in [-0.2, 0) is 6.54 Å². The third-order valence-corrected chi connectivity index (χ3v) is 4.84. The molecule has 1 aliphatic rings. The smallest absolute Gasteiger partial charge is 0.183 e. The van der Waals surface area contributed by atoms with E-state index in [0.717, 1.165) is 48.1 Å². The van der Waals surface area contributed by atoms with E-state index in [1.54, 1.807) is 17.7 Å². The molecule has 0 amide bonds. The van der Waals surface area contributed by atoms with Crippen molar-refractivity contribution in [2.24, 2.45) is 0 Å². The summed E-state index contributed by atoms with van der Waals surface area (Å²) in [6.45, 7) is 4.90. The van der Waals surface area contributed by atoms with Crippen molar-refractivity contribution in [1.29, 1.82) is 0 Å². The predicted octanol–water partition coefficient (Wildman–Crippen LogP) is 1.69. The minimum Gasteiger partial charge on any atom is -0.382 e. The highest BCUT2D eigenvalue weighted by Gasteiger charge is 2.27. The molecule has 1 saturated heterocycles. The average Bonchev–Trinajstić information content (AvgIpc) is 3.20. The number of hydrogen-bond acceptors (Lipinski definition) is 7. The number of anilines is 1. The van der Waals surface area contributed by atoms with E-state index in [2.05, 4.69) is 35.2 Å². The van der Waals surface area contributed by atoms with Gasteiger partial charge in [0.15, 0.2) is 11.5 Å². The van der Waals surface area contributed by atoms with Crippen LogP contribution in [0, 0.1) is 6.92 Å². The van der Waals surface area contributed by atoms with Gasteiger partial charge in [0, 0.05) is 24.4 Å². The van der Waals surface area contributed by atoms with Gasteiger partial charge in [0.1, 0.15) is 11.3 Å². The molecule has 114 valence electrons. The Kier molecular flexibility index (Phi) is 3.27. The maximum absolute atomic E-state index is 5.99. The number of aryl methyl sites for hydroxylation is 1. The van der Waals surface area contributed by atoms with Crippen molar-refractivity contribution >= 4 is 28.3 Å². The van der Waals surface area contributed by atoms with E-state index < -0.39 is 0 Å². The molecular formula is C14H17N7S. The standard InChI is InChI=1S/C14H17N7S/c1-8-18-10(6-22-8)5-21-3-2-9(4-21)13-19-12(15)11-14(20-13)17-7-16-11/h6-7,9H,2-5H2,1H3,(H3,15,16,17,19,20). The van der Waals surface area contributed by atoms with Gasteiger partial charge in [-0.05, 0) is 19.9 Å². The maximum atomic E-state index is 5.99. The van der Waals surface area contributed by atoms with E-state index in [1.165, 1.54) is 0 Å². The highest BCUT2D eigenvalue weighted by Crippen LogP contribution is 2.28. The molecule has 0 bridgehead atoms. The zero-order valence-corrected chi connectivity index (χ0v) is 13.1. The van der Waals surface area contributed by atoms with Crippen LogP contribution in [0.1, 0.15) is 28.9 Å². The Bertz CT molecular complexity index is 808. The lowest BCUT2D eigenvalue weighted by Gasteiger charge is -2.14. The fraction of sp³-hybridized carbons (Fsp3) is 0.429. The molecule has 4 heterocycles. The number of H-pyrrole nitrogens is 1. The largest absolute Gasteiger partial charge is 0.382 e. The summed E-state index contributed by atoms with van der Waals surface area (Å²) < 4.78 is 0. The fourth-order valence-corrected chi connectivity index (χ4v) is 3.56. The number of nitrogens with two attached hydrogens (primary N) is 1. The Labute approximate surface area is 131 Å². The fourth-order valence-electron chi connectivity index (χ4n) is 2.95. The normalized spacial score (nSPS) is 19.2. The number of fused-ring (bicyclic) bond motifs is 1. The van der Waals surface area contributed by atoms with Gasteiger partial charge in [-0.15, -0.1) is 11.3 Å². The molecule has 1 fully saturated rings. The second-order valence-corrected chi connectivity index (χ2v) is 6.71. The number of nitrogens with one attached hydrogen (secondary N) is 1. The molecule has 0 aromatic carbocycles. The molecule has 1 aliphatic heterocycles. The van der Waals surface area contributed by atoms with Gasteiger partial charge in [-0.3, -0.25) is 4.90 Å². The molecule has 0 radical (unpaired) electrons. The van der Waals surface area contributed by atoms with Gasteiger partial charge in [0.2, 0.25) is 0 Å². The second-order valence-electron chi connectivity index (χ2n) is 5.65. The van der Waals surface area contributed by atoms with Crippen molar-refractivity contribution in [3.05, 3.63) is 28.2 Å². The molecule has 0 spiro atoms. The number of nitrogens with zero attached hydrogens (tertiary/aromatic N) is 5. The van der Waals surface area contributed by atoms with Crippen LogP contribution in [0.25, 0.3) is 11.2 Å². The van der Waals surface area contributed by atoms with Gasteiger partial charge >= 0.3 is 0 Å². The lowest BCUT2D eigenvalue weighted by atomic mass is 10.1. The summed E-state index contributed by atoms with van der Waals surface area (Å²) in [4.78, 5) is 23.1. The summed E-state index contributed by atoms with van der Waals surface area (Å²) in [6.07, 6.45) is 2.64. The Morgan fingerprint density at radius 1 is 1.41 bits per heavy atom. The molecule has 3 aromatic heterocycles. The Morgan fingerprint density at radius 3 is 3.14 bits per heavy atom. The van der Waals surface area contributed by atoms with Crippen LogP contribution in [0.5, 0.6) is 0 Å². The average molecular weight is 315 g/mol. The van der Waals surface area contributed by atoms with Gasteiger partial charge in [-0.25, -0.2) is 19.9 Å². The lowest BCUT2D eigenvalue weighted by Crippen LogP contribution is -2.20. The zero-order chi connectivity index (χ0) is 15.1. The number of hydrogen-bond donors (Lipinski definition) is 2. The number of nitrogen functional groups attached to an aromatic ring is 1. The maximum Gasteiger partial charge on any atom is 0.183 e. The lowest BCUT2D eigenvalue weighted by molar-refractivity contribution is 0.322. The van der Waals surface area contributed by atoms with E-state index >= 15 is 0 Å². The van der Waals surface area contributed by atoms with Crippen LogP contribution in [0.3, 0.4) is 0 Å². The van der Waals surface area contributed by atoms with E-state index in [4.69, 9.17) is 5.73 Å². The van der Waals surface area contributed by atoms with Gasteiger partial charge in [0.25, 0.3) is 0 Å². The molecule has 0 aliphatic carbocycles. The molecule has 1 atom stereocenters. The molecule has 0 saturated carbocycles. The Morgan fingerprint density at radius 2 is 2.32 bits per heavy atom. The summed E-state index contributed by atoms with van der Waals surface area (Å²) in [7, 11) is 0. The van der Waals surface area contributed by atoms with E-state index in [1.807, 2.05) is 6.92 Å². The number of aromatic amines is 1. The number of likely N-dealkylation sites (tertiary alicyclic amines) is 1. The minimum absolute atomic E-state index is 0.308. The molecule has 3 N–H and O–H groups in total. The van der Waals surface area contributed by atoms with Crippen LogP contribution < -0.4 is 5.73 Å². The first-order valence-electron chi connectivity index (χ1n) is 7.29. The van der Waals surface area contributed by atoms with Crippen LogP contribution in [-0.4, -0.2) is 42.9 Å². The van der Waals surface area contributed by atoms with Gasteiger partial charge < -0.3 is 10.7 Å². The van der Waals surface area contributed by atoms with Gasteiger partial charge in [-0.1, -0.05) is 0 Å². The minimum atomic E-state index is 0.308. The van der Waals surface area contributed by atoms with Gasteiger partial charge in [-0.2, -0.15) is 0 Å². The number of thiazole rings is 1. The first-order valence-corrected chi connectivity index (χ1v) is 8.17. The van der Waals surface area contributed by atoms with Crippen molar-refractivity contribution in [2.75, 3.05) is 18.8 Å². The van der Waals surface area contributed by atoms with Crippen molar-refractivity contribution in [3.8, 4) is 0 Å². The summed E-state index contributed by atoms with van der Waals surface area (Å²) in [5.74, 6) is 1.59. The predicted molar refractivity (Wildman–Crippen MR) is 85.6 cm³/mol. The number of aromatic nitrogens is 5. The number of imidazole rings is 1. The Hall–Kier alpha value is -2.06. The highest BCUT2D eigenvalue weighted by atomic mass is 32.1. The third kappa shape index (κ3) is 2.44. The van der Waals surface area contributed by atoms with Crippen molar-refractivity contribution in [1.82, 2.24) is 29.8 Å². The van der Waals surface area contributed by atoms with E-state index in [0.29, 0.717) is 17.4 Å². The molecule has 3 aromatic rings. The molecule has 8 heteroatoms. The van der Waals surface area contributed by atoms with E-state index in [9.17, 15) is 0 Å². The van der Waals surface area contributed by atoms with Crippen LogP contribution in [0.2, 0.25) is 0 Å². The number of rotatable bonds is 3. The highest BCUT2D eigenvalue weighted by molar-refractivity contribution is 7.09. The van der Waals surface area contributed by atoms with Crippen molar-refractivity contribution < 1.29 is 0 Å². The molecule has 4 rings (SSSR count). The topological polar surface area (TPSA) is 96.6 Å². The summed E-state index contributed by atoms with van der Waals surface area (Å²) in [6, 6.07) is 0. The van der Waals surface area contributed by atoms with Gasteiger partial charge in [0.05, 0.1) is 17.0 Å². The molecule has 22 heavy (non-hydrogen) atoms. The van der Waals surface area contributed by atoms with Crippen molar-refractivity contribution in [2.45, 2.75) is 25.8 Å². The monoisotopic (exact) mass is 315 g/mol. The SMILES string of the molecule is Cc1nc(CN2CCC(c3nc(N)c4[nH]cnc4n3)C2)cs1. The van der Waals surface area contributed by atoms with Crippen LogP contribution in [0.15, 0.2) is 11.7 Å². The zero-order valence-electron chi connectivity index (χ0n) is 12.3. The third-order valence-electron chi connectivity index (χ3n) is 4.02. The molecular weight excluding hydrogens is 298 g/mol. The first kappa shape index (κ1) is 13.6. The first-order chi connectivity index (χ1) is 10.7. The Balaban J connectivity index is 1.51. The summed E-state index contributed by atoms with van der Waals surface area (Å²) in [5.41, 5.74) is 8.50. The van der Waals surface area contributed by atoms with Crippen LogP contribution >= 0.6 is 11.3 Å². The second kappa shape index (κ2) is 5.29. The van der Waals surface area contributed by atoms with Crippen LogP contribution in [0.4, 0.5) is 5.82 Å². The summed E-state index contributed by atoms with van der Waals surface area (Å²) in [5, 5.41) is 3.25. The molecule has 1 unspecified atom stereocenters. The summed E-state index contributed by atoms with van der Waals surface area (Å²) >= 11 is 1.70. The van der Waals surface area contributed by atoms with E-state index in [-0.39, 0.29) is 0 Å². The molecule has 7 nitrogen and oxygen atoms in total. The van der Waals surface area contributed by atoms with Crippen molar-refractivity contribution in [3.63, 3.8) is 0 Å². The quantitative estimate of drug-likeness (QED) is 0.763.